The molecule has 0 aliphatic rings. The highest BCUT2D eigenvalue weighted by Gasteiger charge is 2.08. The lowest BCUT2D eigenvalue weighted by molar-refractivity contribution is -0.128. The van der Waals surface area contributed by atoms with E-state index in [1.807, 2.05) is 0 Å². The highest BCUT2D eigenvalue weighted by molar-refractivity contribution is 7.80. The molecule has 1 rings (SSSR count). The van der Waals surface area contributed by atoms with Crippen molar-refractivity contribution < 1.29 is 9.18 Å². The molecule has 0 radical (unpaired) electrons. The van der Waals surface area contributed by atoms with E-state index in [9.17, 15) is 9.18 Å². The van der Waals surface area contributed by atoms with Crippen molar-refractivity contribution in [2.24, 2.45) is 5.73 Å². The number of anilines is 1. The number of hydrogen-bond donors (Lipinski definition) is 2. The third-order valence-corrected chi connectivity index (χ3v) is 2.62. The second-order valence-corrected chi connectivity index (χ2v) is 4.46. The van der Waals surface area contributed by atoms with Crippen molar-refractivity contribution in [1.82, 2.24) is 4.90 Å². The van der Waals surface area contributed by atoms with Gasteiger partial charge in [-0.05, 0) is 18.2 Å². The molecule has 1 aromatic rings. The summed E-state index contributed by atoms with van der Waals surface area (Å²) in [5.41, 5.74) is 6.59. The predicted octanol–water partition coefficient (Wildman–Crippen LogP) is 1.35. The molecule has 6 heteroatoms. The van der Waals surface area contributed by atoms with E-state index >= 15 is 0 Å². The Kier molecular flexibility index (Phi) is 5.03. The van der Waals surface area contributed by atoms with Crippen LogP contribution < -0.4 is 11.1 Å². The quantitative estimate of drug-likeness (QED) is 0.792. The van der Waals surface area contributed by atoms with Gasteiger partial charge >= 0.3 is 0 Å². The van der Waals surface area contributed by atoms with Crippen LogP contribution in [-0.4, -0.2) is 36.4 Å². The second kappa shape index (κ2) is 6.30. The molecule has 1 amide bonds. The lowest BCUT2D eigenvalue weighted by Gasteiger charge is -2.13. The number of carbonyl (C=O) groups is 1. The van der Waals surface area contributed by atoms with Crippen LogP contribution >= 0.6 is 12.2 Å². The van der Waals surface area contributed by atoms with Crippen LogP contribution in [-0.2, 0) is 4.79 Å². The summed E-state index contributed by atoms with van der Waals surface area (Å²) in [6, 6.07) is 4.15. The minimum atomic E-state index is -0.396. The van der Waals surface area contributed by atoms with Gasteiger partial charge in [-0.2, -0.15) is 0 Å². The van der Waals surface area contributed by atoms with Crippen LogP contribution in [0.25, 0.3) is 0 Å². The van der Waals surface area contributed by atoms with Crippen LogP contribution in [0.5, 0.6) is 0 Å². The van der Waals surface area contributed by atoms with E-state index in [-0.39, 0.29) is 10.9 Å². The van der Waals surface area contributed by atoms with Crippen molar-refractivity contribution in [3.05, 3.63) is 29.6 Å². The Morgan fingerprint density at radius 3 is 2.72 bits per heavy atom. The first kappa shape index (κ1) is 14.4. The lowest BCUT2D eigenvalue weighted by atomic mass is 10.1. The van der Waals surface area contributed by atoms with Crippen LogP contribution in [0, 0.1) is 5.82 Å². The predicted molar refractivity (Wildman–Crippen MR) is 74.1 cm³/mol. The molecule has 1 aromatic carbocycles. The average Bonchev–Trinajstić information content (AvgIpc) is 2.30. The molecular formula is C12H16FN3OS. The summed E-state index contributed by atoms with van der Waals surface area (Å²) in [5, 5.41) is 3.03. The molecule has 0 aromatic heterocycles. The summed E-state index contributed by atoms with van der Waals surface area (Å²) in [7, 11) is 3.39. The van der Waals surface area contributed by atoms with Crippen molar-refractivity contribution in [2.75, 3.05) is 26.0 Å². The standard InChI is InChI=1S/C12H16FN3OS/c1-16(2)11(17)5-6-15-10-4-3-8(13)7-9(10)12(14)18/h3-4,7,15H,5-6H2,1-2H3,(H2,14,18). The van der Waals surface area contributed by atoms with E-state index in [0.717, 1.165) is 0 Å². The zero-order chi connectivity index (χ0) is 13.7. The van der Waals surface area contributed by atoms with E-state index in [1.54, 1.807) is 20.2 Å². The monoisotopic (exact) mass is 269 g/mol. The summed E-state index contributed by atoms with van der Waals surface area (Å²) in [6.07, 6.45) is 0.348. The normalized spacial score (nSPS) is 9.94. The largest absolute Gasteiger partial charge is 0.389 e. The van der Waals surface area contributed by atoms with E-state index in [0.29, 0.717) is 24.2 Å². The van der Waals surface area contributed by atoms with E-state index in [2.05, 4.69) is 5.32 Å². The fourth-order valence-corrected chi connectivity index (χ4v) is 1.57. The maximum atomic E-state index is 13.1. The average molecular weight is 269 g/mol. The maximum Gasteiger partial charge on any atom is 0.223 e. The van der Waals surface area contributed by atoms with Gasteiger partial charge in [-0.15, -0.1) is 0 Å². The van der Waals surface area contributed by atoms with Gasteiger partial charge in [0, 0.05) is 38.3 Å². The van der Waals surface area contributed by atoms with E-state index in [1.165, 1.54) is 17.0 Å². The van der Waals surface area contributed by atoms with Crippen molar-refractivity contribution in [3.63, 3.8) is 0 Å². The second-order valence-electron chi connectivity index (χ2n) is 4.02. The molecule has 4 nitrogen and oxygen atoms in total. The topological polar surface area (TPSA) is 58.4 Å². The first-order chi connectivity index (χ1) is 8.41. The molecular weight excluding hydrogens is 253 g/mol. The molecule has 0 atom stereocenters. The van der Waals surface area contributed by atoms with Crippen LogP contribution in [0.3, 0.4) is 0 Å². The Bertz CT molecular complexity index is 463. The van der Waals surface area contributed by atoms with Gasteiger partial charge in [0.05, 0.1) is 0 Å². The first-order valence-electron chi connectivity index (χ1n) is 5.45. The van der Waals surface area contributed by atoms with E-state index in [4.69, 9.17) is 18.0 Å². The molecule has 98 valence electrons. The smallest absolute Gasteiger partial charge is 0.223 e. The molecule has 0 unspecified atom stereocenters. The number of nitrogens with one attached hydrogen (secondary N) is 1. The number of nitrogens with zero attached hydrogens (tertiary/aromatic N) is 1. The maximum absolute atomic E-state index is 13.1. The van der Waals surface area contributed by atoms with Crippen molar-refractivity contribution >= 4 is 28.8 Å². The fourth-order valence-electron chi connectivity index (χ4n) is 1.40. The van der Waals surface area contributed by atoms with Gasteiger partial charge in [0.15, 0.2) is 0 Å². The minimum absolute atomic E-state index is 0.0153. The Morgan fingerprint density at radius 1 is 1.50 bits per heavy atom. The van der Waals surface area contributed by atoms with Crippen molar-refractivity contribution in [1.29, 1.82) is 0 Å². The number of thiocarbonyl (C=S) groups is 1. The molecule has 0 aliphatic heterocycles. The summed E-state index contributed by atoms with van der Waals surface area (Å²) in [4.78, 5) is 13.0. The molecule has 0 heterocycles. The number of carbonyl (C=O) groups excluding carboxylic acids is 1. The number of amides is 1. The zero-order valence-corrected chi connectivity index (χ0v) is 11.2. The molecule has 0 bridgehead atoms. The number of hydrogen-bond acceptors (Lipinski definition) is 3. The summed E-state index contributed by atoms with van der Waals surface area (Å²) >= 11 is 4.85. The van der Waals surface area contributed by atoms with Gasteiger partial charge in [-0.25, -0.2) is 4.39 Å². The Labute approximate surface area is 111 Å². The molecule has 0 saturated carbocycles. The summed E-state index contributed by atoms with van der Waals surface area (Å²) < 4.78 is 13.1. The van der Waals surface area contributed by atoms with Crippen LogP contribution in [0.15, 0.2) is 18.2 Å². The SMILES string of the molecule is CN(C)C(=O)CCNc1ccc(F)cc1C(N)=S. The highest BCUT2D eigenvalue weighted by atomic mass is 32.1. The summed E-state index contributed by atoms with van der Waals surface area (Å²) in [5.74, 6) is -0.380. The molecule has 0 aliphatic carbocycles. The molecule has 0 fully saturated rings. The Balaban J connectivity index is 2.68. The highest BCUT2D eigenvalue weighted by Crippen LogP contribution is 2.16. The Hall–Kier alpha value is -1.69. The third kappa shape index (κ3) is 3.96. The van der Waals surface area contributed by atoms with Gasteiger partial charge in [0.1, 0.15) is 10.8 Å². The zero-order valence-electron chi connectivity index (χ0n) is 10.4. The van der Waals surface area contributed by atoms with Gasteiger partial charge in [0.2, 0.25) is 5.91 Å². The number of rotatable bonds is 5. The van der Waals surface area contributed by atoms with Crippen LogP contribution in [0.4, 0.5) is 10.1 Å². The Morgan fingerprint density at radius 2 is 2.17 bits per heavy atom. The number of nitrogens with two attached hydrogens (primary N) is 1. The minimum Gasteiger partial charge on any atom is -0.389 e. The van der Waals surface area contributed by atoms with Gasteiger partial charge in [-0.1, -0.05) is 12.2 Å². The molecule has 0 spiro atoms. The van der Waals surface area contributed by atoms with Crippen molar-refractivity contribution in [3.8, 4) is 0 Å². The number of halogens is 1. The first-order valence-corrected chi connectivity index (χ1v) is 5.86. The lowest BCUT2D eigenvalue weighted by Crippen LogP contribution is -2.24. The summed E-state index contributed by atoms with van der Waals surface area (Å²) in [6.45, 7) is 0.443. The molecule has 3 N–H and O–H groups in total. The van der Waals surface area contributed by atoms with Crippen molar-refractivity contribution in [2.45, 2.75) is 6.42 Å². The van der Waals surface area contributed by atoms with Crippen LogP contribution in [0.1, 0.15) is 12.0 Å². The molecule has 18 heavy (non-hydrogen) atoms. The van der Waals surface area contributed by atoms with Gasteiger partial charge < -0.3 is 16.0 Å². The third-order valence-electron chi connectivity index (χ3n) is 2.40. The van der Waals surface area contributed by atoms with E-state index < -0.39 is 5.82 Å². The fraction of sp³-hybridized carbons (Fsp3) is 0.333. The van der Waals surface area contributed by atoms with Gasteiger partial charge in [-0.3, -0.25) is 4.79 Å². The molecule has 0 saturated heterocycles. The van der Waals surface area contributed by atoms with Crippen LogP contribution in [0.2, 0.25) is 0 Å². The van der Waals surface area contributed by atoms with Gasteiger partial charge in [0.25, 0.3) is 0 Å². The number of benzene rings is 1.